The van der Waals surface area contributed by atoms with E-state index in [1.54, 1.807) is 6.92 Å². The molecule has 0 aliphatic carbocycles. The van der Waals surface area contributed by atoms with Crippen molar-refractivity contribution in [1.29, 1.82) is 0 Å². The van der Waals surface area contributed by atoms with Gasteiger partial charge in [0.2, 0.25) is 5.91 Å². The number of hydrogen-bond acceptors (Lipinski definition) is 3. The van der Waals surface area contributed by atoms with E-state index in [1.165, 1.54) is 0 Å². The second-order valence-electron chi connectivity index (χ2n) is 2.22. The predicted octanol–water partition coefficient (Wildman–Crippen LogP) is -0.279. The van der Waals surface area contributed by atoms with Crippen LogP contribution in [0.5, 0.6) is 0 Å². The molecule has 1 rings (SSSR count). The fourth-order valence-corrected chi connectivity index (χ4v) is 0.907. The average molecular weight is 145 g/mol. The van der Waals surface area contributed by atoms with Crippen LogP contribution in [0.25, 0.3) is 0 Å². The molecule has 1 aliphatic heterocycles. The Morgan fingerprint density at radius 2 is 2.22 bits per heavy atom. The largest absolute Gasteiger partial charge is 0.335 e. The Labute approximate surface area is 58.2 Å². The summed E-state index contributed by atoms with van der Waals surface area (Å²) >= 11 is 3.92. The van der Waals surface area contributed by atoms with Gasteiger partial charge in [-0.3, -0.25) is 9.59 Å². The molecule has 1 N–H and O–H groups in total. The molecule has 0 aromatic carbocycles. The summed E-state index contributed by atoms with van der Waals surface area (Å²) in [5.74, 6) is -0.395. The molecule has 1 heterocycles. The second-order valence-corrected chi connectivity index (χ2v) is 3.11. The van der Waals surface area contributed by atoms with Gasteiger partial charge in [-0.05, 0) is 6.92 Å². The molecule has 0 bridgehead atoms. The van der Waals surface area contributed by atoms with Crippen LogP contribution in [0.1, 0.15) is 13.3 Å². The highest BCUT2D eigenvalue weighted by molar-refractivity contribution is 7.82. The summed E-state index contributed by atoms with van der Waals surface area (Å²) in [5, 5.41) is 2.42. The molecule has 0 aromatic heterocycles. The number of rotatable bonds is 0. The molecule has 3 nitrogen and oxygen atoms in total. The third-order valence-corrected chi connectivity index (χ3v) is 1.61. The molecule has 1 amide bonds. The summed E-state index contributed by atoms with van der Waals surface area (Å²) in [6.07, 6.45) is -0.0278. The van der Waals surface area contributed by atoms with Gasteiger partial charge >= 0.3 is 0 Å². The Morgan fingerprint density at radius 1 is 1.67 bits per heavy atom. The lowest BCUT2D eigenvalue weighted by Crippen LogP contribution is -2.37. The summed E-state index contributed by atoms with van der Waals surface area (Å²) in [7, 11) is 0. The Kier molecular flexibility index (Phi) is 1.27. The van der Waals surface area contributed by atoms with E-state index in [1.807, 2.05) is 0 Å². The Balaban J connectivity index is 2.81. The van der Waals surface area contributed by atoms with Gasteiger partial charge in [-0.2, -0.15) is 0 Å². The van der Waals surface area contributed by atoms with Crippen LogP contribution in [0.4, 0.5) is 0 Å². The lowest BCUT2D eigenvalue weighted by Gasteiger charge is -2.12. The summed E-state index contributed by atoms with van der Waals surface area (Å²) in [6, 6.07) is 0. The summed E-state index contributed by atoms with van der Waals surface area (Å²) in [5.41, 5.74) is 0. The van der Waals surface area contributed by atoms with E-state index < -0.39 is 4.87 Å². The zero-order valence-corrected chi connectivity index (χ0v) is 5.87. The number of ketones is 1. The highest BCUT2D eigenvalue weighted by Crippen LogP contribution is 2.18. The van der Waals surface area contributed by atoms with Crippen LogP contribution < -0.4 is 5.32 Å². The fraction of sp³-hybridized carbons (Fsp3) is 0.600. The molecule has 4 heteroatoms. The Morgan fingerprint density at radius 3 is 2.33 bits per heavy atom. The first-order chi connectivity index (χ1) is 4.02. The highest BCUT2D eigenvalue weighted by atomic mass is 32.1. The highest BCUT2D eigenvalue weighted by Gasteiger charge is 2.38. The summed E-state index contributed by atoms with van der Waals surface area (Å²) < 4.78 is 0. The summed E-state index contributed by atoms with van der Waals surface area (Å²) in [4.78, 5) is 20.3. The molecule has 1 atom stereocenters. The first kappa shape index (κ1) is 6.61. The fourth-order valence-electron chi connectivity index (χ4n) is 0.703. The quantitative estimate of drug-likeness (QED) is 0.364. The first-order valence-electron chi connectivity index (χ1n) is 2.59. The van der Waals surface area contributed by atoms with Crippen molar-refractivity contribution in [2.75, 3.05) is 0 Å². The molecule has 1 aliphatic rings. The number of thiol groups is 1. The second kappa shape index (κ2) is 1.73. The molecule has 50 valence electrons. The van der Waals surface area contributed by atoms with Gasteiger partial charge in [0.15, 0.2) is 5.78 Å². The van der Waals surface area contributed by atoms with Crippen molar-refractivity contribution >= 4 is 24.3 Å². The number of Topliss-reactive ketones (excluding diaryl/α,β-unsaturated/α-hetero) is 1. The standard InChI is InChI=1S/C5H7NO2S/c1-5(9)3(7)2-4(8)6-5/h9H,2H2,1H3,(H,6,8). The van der Waals surface area contributed by atoms with Crippen molar-refractivity contribution in [1.82, 2.24) is 5.32 Å². The number of carbonyl (C=O) groups is 2. The maximum atomic E-state index is 10.7. The normalized spacial score (nSPS) is 34.9. The monoisotopic (exact) mass is 145 g/mol. The van der Waals surface area contributed by atoms with Crippen molar-refractivity contribution in [3.8, 4) is 0 Å². The van der Waals surface area contributed by atoms with E-state index >= 15 is 0 Å². The van der Waals surface area contributed by atoms with Crippen LogP contribution in [0.3, 0.4) is 0 Å². The molecule has 0 saturated carbocycles. The maximum Gasteiger partial charge on any atom is 0.228 e. The van der Waals surface area contributed by atoms with Gasteiger partial charge in [0.1, 0.15) is 4.87 Å². The van der Waals surface area contributed by atoms with Crippen molar-refractivity contribution in [2.24, 2.45) is 0 Å². The van der Waals surface area contributed by atoms with E-state index in [0.717, 1.165) is 0 Å². The van der Waals surface area contributed by atoms with E-state index in [-0.39, 0.29) is 18.1 Å². The lowest BCUT2D eigenvalue weighted by molar-refractivity contribution is -0.122. The van der Waals surface area contributed by atoms with Gasteiger partial charge in [-0.15, -0.1) is 12.6 Å². The molecule has 0 radical (unpaired) electrons. The van der Waals surface area contributed by atoms with Crippen molar-refractivity contribution in [2.45, 2.75) is 18.2 Å². The zero-order chi connectivity index (χ0) is 7.07. The molecule has 1 fully saturated rings. The van der Waals surface area contributed by atoms with Gasteiger partial charge in [0.05, 0.1) is 6.42 Å². The SMILES string of the molecule is CC1(S)NC(=O)CC1=O. The first-order valence-corrected chi connectivity index (χ1v) is 3.04. The summed E-state index contributed by atoms with van der Waals surface area (Å²) in [6.45, 7) is 1.57. The predicted molar refractivity (Wildman–Crippen MR) is 35.2 cm³/mol. The van der Waals surface area contributed by atoms with E-state index in [0.29, 0.717) is 0 Å². The maximum absolute atomic E-state index is 10.7. The molecule has 1 saturated heterocycles. The van der Waals surface area contributed by atoms with Crippen LogP contribution in [0.2, 0.25) is 0 Å². The number of nitrogens with one attached hydrogen (secondary N) is 1. The smallest absolute Gasteiger partial charge is 0.228 e. The number of hydrogen-bond donors (Lipinski definition) is 2. The molecular formula is C5H7NO2S. The van der Waals surface area contributed by atoms with Crippen molar-refractivity contribution in [3.05, 3.63) is 0 Å². The third-order valence-electron chi connectivity index (χ3n) is 1.25. The van der Waals surface area contributed by atoms with Gasteiger partial charge in [0.25, 0.3) is 0 Å². The van der Waals surface area contributed by atoms with Crippen LogP contribution in [-0.2, 0) is 9.59 Å². The molecule has 9 heavy (non-hydrogen) atoms. The third kappa shape index (κ3) is 1.08. The van der Waals surface area contributed by atoms with E-state index in [2.05, 4.69) is 17.9 Å². The van der Waals surface area contributed by atoms with Gasteiger partial charge in [-0.1, -0.05) is 0 Å². The van der Waals surface area contributed by atoms with Crippen LogP contribution in [-0.4, -0.2) is 16.6 Å². The van der Waals surface area contributed by atoms with Crippen molar-refractivity contribution in [3.63, 3.8) is 0 Å². The van der Waals surface area contributed by atoms with E-state index in [9.17, 15) is 9.59 Å². The Bertz CT molecular complexity index is 176. The van der Waals surface area contributed by atoms with Gasteiger partial charge in [-0.25, -0.2) is 0 Å². The zero-order valence-electron chi connectivity index (χ0n) is 4.97. The molecule has 0 aromatic rings. The minimum absolute atomic E-state index is 0.0278. The number of amides is 1. The molecular weight excluding hydrogens is 138 g/mol. The van der Waals surface area contributed by atoms with Gasteiger partial charge < -0.3 is 5.32 Å². The Hall–Kier alpha value is -0.510. The molecule has 1 unspecified atom stereocenters. The van der Waals surface area contributed by atoms with Crippen LogP contribution in [0, 0.1) is 0 Å². The number of carbonyl (C=O) groups excluding carboxylic acids is 2. The minimum atomic E-state index is -0.920. The molecule has 0 spiro atoms. The topological polar surface area (TPSA) is 46.2 Å². The average Bonchev–Trinajstić information content (AvgIpc) is 1.79. The van der Waals surface area contributed by atoms with Crippen LogP contribution in [0.15, 0.2) is 0 Å². The van der Waals surface area contributed by atoms with Gasteiger partial charge in [0, 0.05) is 0 Å². The minimum Gasteiger partial charge on any atom is -0.335 e. The lowest BCUT2D eigenvalue weighted by atomic mass is 10.2. The van der Waals surface area contributed by atoms with Crippen LogP contribution >= 0.6 is 12.6 Å². The van der Waals surface area contributed by atoms with Crippen molar-refractivity contribution < 1.29 is 9.59 Å². The van der Waals surface area contributed by atoms with E-state index in [4.69, 9.17) is 0 Å².